The predicted molar refractivity (Wildman–Crippen MR) is 262 cm³/mol. The maximum atomic E-state index is 15.6. The van der Waals surface area contributed by atoms with Crippen molar-refractivity contribution in [1.29, 1.82) is 0 Å². The Kier molecular flexibility index (Phi) is 8.74. The summed E-state index contributed by atoms with van der Waals surface area (Å²) in [6, 6.07) is 79.9. The summed E-state index contributed by atoms with van der Waals surface area (Å²) < 4.78 is 17.9. The molecule has 1 aliphatic heterocycles. The fourth-order valence-corrected chi connectivity index (χ4v) is 12.5. The molecule has 0 saturated carbocycles. The second-order valence-electron chi connectivity index (χ2n) is 16.1. The van der Waals surface area contributed by atoms with E-state index in [1.165, 1.54) is 11.1 Å². The second-order valence-corrected chi connectivity index (χ2v) is 18.8. The first-order chi connectivity index (χ1) is 31.1. The third-order valence-corrected chi connectivity index (χ3v) is 15.6. The zero-order valence-corrected chi connectivity index (χ0v) is 35.0. The maximum absolute atomic E-state index is 15.6. The molecule has 9 aromatic carbocycles. The third kappa shape index (κ3) is 6.10. The van der Waals surface area contributed by atoms with E-state index in [0.29, 0.717) is 5.82 Å². The van der Waals surface area contributed by atoms with E-state index in [-0.39, 0.29) is 0 Å². The number of nitrogens with zero attached hydrogens (tertiary/aromatic N) is 3. The van der Waals surface area contributed by atoms with Gasteiger partial charge in [-0.25, -0.2) is 9.97 Å². The number of fused-ring (bicyclic) bond motifs is 7. The van der Waals surface area contributed by atoms with Crippen LogP contribution in [0.3, 0.4) is 0 Å². The summed E-state index contributed by atoms with van der Waals surface area (Å²) in [7, 11) is -3.13. The molecule has 2 aromatic heterocycles. The van der Waals surface area contributed by atoms with Crippen LogP contribution in [-0.2, 0) is 4.57 Å². The van der Waals surface area contributed by atoms with Gasteiger partial charge in [-0.3, -0.25) is 0 Å². The molecule has 0 radical (unpaired) electrons. The molecule has 0 fully saturated rings. The van der Waals surface area contributed by atoms with Gasteiger partial charge in [-0.2, -0.15) is 0 Å². The van der Waals surface area contributed by atoms with Crippen molar-refractivity contribution in [3.63, 3.8) is 0 Å². The first-order valence-electron chi connectivity index (χ1n) is 21.3. The van der Waals surface area contributed by atoms with Crippen molar-refractivity contribution in [2.45, 2.75) is 0 Å². The van der Waals surface area contributed by atoms with Gasteiger partial charge >= 0.3 is 0 Å². The van der Waals surface area contributed by atoms with Crippen LogP contribution in [0.2, 0.25) is 0 Å². The van der Waals surface area contributed by atoms with Crippen LogP contribution < -0.4 is 15.9 Å². The Morgan fingerprint density at radius 2 is 0.873 bits per heavy atom. The van der Waals surface area contributed by atoms with Crippen LogP contribution in [0, 0.1) is 0 Å². The Balaban J connectivity index is 1.00. The molecular formula is C58H38N3OP. The summed E-state index contributed by atoms with van der Waals surface area (Å²) >= 11 is 0. The van der Waals surface area contributed by atoms with Gasteiger partial charge in [0.1, 0.15) is 0 Å². The Bertz CT molecular complexity index is 3450. The van der Waals surface area contributed by atoms with Crippen LogP contribution in [0.5, 0.6) is 0 Å². The molecule has 63 heavy (non-hydrogen) atoms. The standard InChI is InChI=1S/C58H38N3OP/c62-63(47-18-8-3-9-19-47)54-23-13-11-21-50(54)56-55(63)37-36-49-48-20-10-12-22-53(48)61(57(49)56)46-34-32-44(33-35-46)52-38-51(43-28-24-41(25-29-43)39-14-4-1-5-15-39)59-58(60-52)45-30-26-42(27-31-45)40-16-6-2-7-17-40/h1-38H. The van der Waals surface area contributed by atoms with Crippen molar-refractivity contribution < 1.29 is 4.57 Å². The number of para-hydroxylation sites is 1. The normalized spacial score (nSPS) is 14.2. The minimum Gasteiger partial charge on any atom is -0.309 e. The minimum atomic E-state index is -3.13. The van der Waals surface area contributed by atoms with Crippen molar-refractivity contribution in [3.8, 4) is 73.0 Å². The van der Waals surface area contributed by atoms with E-state index in [0.717, 1.165) is 93.7 Å². The predicted octanol–water partition coefficient (Wildman–Crippen LogP) is 13.5. The summed E-state index contributed by atoms with van der Waals surface area (Å²) in [6.07, 6.45) is 0. The highest BCUT2D eigenvalue weighted by Crippen LogP contribution is 2.54. The molecule has 296 valence electrons. The molecule has 11 aromatic rings. The molecule has 5 heteroatoms. The molecule has 1 atom stereocenters. The molecule has 0 N–H and O–H groups in total. The first-order valence-corrected chi connectivity index (χ1v) is 23.0. The van der Waals surface area contributed by atoms with Crippen LogP contribution in [0.15, 0.2) is 231 Å². The lowest BCUT2D eigenvalue weighted by atomic mass is 10.0. The van der Waals surface area contributed by atoms with E-state index in [1.54, 1.807) is 0 Å². The van der Waals surface area contributed by atoms with Gasteiger partial charge in [0.2, 0.25) is 0 Å². The number of hydrogen-bond donors (Lipinski definition) is 0. The lowest BCUT2D eigenvalue weighted by Crippen LogP contribution is -2.20. The number of hydrogen-bond acceptors (Lipinski definition) is 3. The molecule has 0 aliphatic carbocycles. The molecule has 0 bridgehead atoms. The highest BCUT2D eigenvalue weighted by Gasteiger charge is 2.41. The molecule has 4 nitrogen and oxygen atoms in total. The van der Waals surface area contributed by atoms with Gasteiger partial charge in [-0.05, 0) is 58.1 Å². The van der Waals surface area contributed by atoms with Crippen LogP contribution >= 0.6 is 7.14 Å². The van der Waals surface area contributed by atoms with Crippen LogP contribution in [0.1, 0.15) is 0 Å². The Morgan fingerprint density at radius 1 is 0.381 bits per heavy atom. The van der Waals surface area contributed by atoms with Crippen LogP contribution in [0.25, 0.3) is 94.8 Å². The summed E-state index contributed by atoms with van der Waals surface area (Å²) in [5.41, 5.74) is 14.5. The van der Waals surface area contributed by atoms with Crippen LogP contribution in [0.4, 0.5) is 0 Å². The van der Waals surface area contributed by atoms with Crippen molar-refractivity contribution in [2.24, 2.45) is 0 Å². The number of rotatable bonds is 7. The smallest absolute Gasteiger partial charge is 0.172 e. The fraction of sp³-hybridized carbons (Fsp3) is 0. The topological polar surface area (TPSA) is 47.8 Å². The van der Waals surface area contributed by atoms with Gasteiger partial charge < -0.3 is 9.13 Å². The monoisotopic (exact) mass is 823 g/mol. The Labute approximate surface area is 365 Å². The summed E-state index contributed by atoms with van der Waals surface area (Å²) in [4.78, 5) is 10.4. The SMILES string of the molecule is O=P1(c2ccccc2)c2ccccc2-c2c1ccc1c3ccccc3n(-c3ccc(-c4cc(-c5ccc(-c6ccccc6)cc5)nc(-c5ccc(-c6ccccc6)cc5)n4)cc3)c21. The molecule has 0 spiro atoms. The maximum Gasteiger partial charge on any atom is 0.172 e. The van der Waals surface area contributed by atoms with E-state index in [2.05, 4.69) is 187 Å². The van der Waals surface area contributed by atoms with Gasteiger partial charge in [0.05, 0.1) is 22.4 Å². The minimum absolute atomic E-state index is 0.665. The average Bonchev–Trinajstić information content (AvgIpc) is 3.84. The zero-order chi connectivity index (χ0) is 41.9. The van der Waals surface area contributed by atoms with Gasteiger partial charge in [-0.1, -0.05) is 200 Å². The molecule has 1 unspecified atom stereocenters. The summed E-state index contributed by atoms with van der Waals surface area (Å²) in [5, 5.41) is 4.92. The molecular weight excluding hydrogens is 786 g/mol. The van der Waals surface area contributed by atoms with Crippen molar-refractivity contribution in [1.82, 2.24) is 14.5 Å². The highest BCUT2D eigenvalue weighted by atomic mass is 31.2. The van der Waals surface area contributed by atoms with E-state index >= 15 is 4.57 Å². The van der Waals surface area contributed by atoms with Crippen molar-refractivity contribution in [3.05, 3.63) is 231 Å². The second kappa shape index (κ2) is 14.9. The molecule has 0 saturated heterocycles. The molecule has 3 heterocycles. The van der Waals surface area contributed by atoms with Crippen molar-refractivity contribution in [2.75, 3.05) is 0 Å². The Hall–Kier alpha value is -7.91. The summed E-state index contributed by atoms with van der Waals surface area (Å²) in [6.45, 7) is 0. The lowest BCUT2D eigenvalue weighted by Gasteiger charge is -2.16. The average molecular weight is 824 g/mol. The van der Waals surface area contributed by atoms with E-state index in [1.807, 2.05) is 48.5 Å². The van der Waals surface area contributed by atoms with Crippen molar-refractivity contribution >= 4 is 44.9 Å². The van der Waals surface area contributed by atoms with E-state index < -0.39 is 7.14 Å². The quantitative estimate of drug-likeness (QED) is 0.150. The number of benzene rings is 9. The molecule has 0 amide bonds. The van der Waals surface area contributed by atoms with E-state index in [9.17, 15) is 0 Å². The highest BCUT2D eigenvalue weighted by molar-refractivity contribution is 7.86. The van der Waals surface area contributed by atoms with Gasteiger partial charge in [0.25, 0.3) is 0 Å². The lowest BCUT2D eigenvalue weighted by molar-refractivity contribution is 0.593. The fourth-order valence-electron chi connectivity index (χ4n) is 9.41. The van der Waals surface area contributed by atoms with Gasteiger partial charge in [0, 0.05) is 54.6 Å². The van der Waals surface area contributed by atoms with Gasteiger partial charge in [-0.15, -0.1) is 0 Å². The number of aromatic nitrogens is 3. The van der Waals surface area contributed by atoms with Crippen LogP contribution in [-0.4, -0.2) is 14.5 Å². The first kappa shape index (κ1) is 36.9. The summed E-state index contributed by atoms with van der Waals surface area (Å²) in [5.74, 6) is 0.665. The zero-order valence-electron chi connectivity index (χ0n) is 34.1. The molecule has 12 rings (SSSR count). The largest absolute Gasteiger partial charge is 0.309 e. The van der Waals surface area contributed by atoms with Gasteiger partial charge in [0.15, 0.2) is 13.0 Å². The molecule has 1 aliphatic rings. The van der Waals surface area contributed by atoms with E-state index in [4.69, 9.17) is 9.97 Å². The Morgan fingerprint density at radius 3 is 1.51 bits per heavy atom. The third-order valence-electron chi connectivity index (χ3n) is 12.5.